The number of rotatable bonds is 33. The third-order valence-corrected chi connectivity index (χ3v) is 9.79. The molecule has 0 aromatic heterocycles. The van der Waals surface area contributed by atoms with Gasteiger partial charge in [0, 0.05) is 13.1 Å². The Balaban J connectivity index is 4.20. The lowest BCUT2D eigenvalue weighted by Crippen LogP contribution is -2.24. The molecule has 0 rings (SSSR count). The van der Waals surface area contributed by atoms with Crippen molar-refractivity contribution in [3.05, 3.63) is 0 Å². The molecule has 0 aliphatic rings. The lowest BCUT2D eigenvalue weighted by Gasteiger charge is -2.26. The Morgan fingerprint density at radius 1 is 0.436 bits per heavy atom. The van der Waals surface area contributed by atoms with E-state index in [-0.39, 0.29) is 0 Å². The smallest absolute Gasteiger partial charge is 0.312 e. The van der Waals surface area contributed by atoms with Crippen LogP contribution in [0.2, 0.25) is 0 Å². The molecule has 0 saturated heterocycles. The van der Waals surface area contributed by atoms with Crippen LogP contribution in [-0.4, -0.2) is 29.3 Å². The van der Waals surface area contributed by atoms with Crippen LogP contribution in [0.25, 0.3) is 0 Å². The van der Waals surface area contributed by atoms with Crippen molar-refractivity contribution in [2.24, 2.45) is 0 Å². The van der Waals surface area contributed by atoms with Crippen molar-refractivity contribution in [2.75, 3.05) is 19.7 Å². The molecule has 0 saturated carbocycles. The van der Waals surface area contributed by atoms with Crippen LogP contribution in [0.5, 0.6) is 0 Å². The predicted molar refractivity (Wildman–Crippen MR) is 174 cm³/mol. The van der Waals surface area contributed by atoms with Gasteiger partial charge in [-0.3, -0.25) is 4.52 Å². The van der Waals surface area contributed by atoms with Gasteiger partial charge in [-0.25, -0.2) is 9.24 Å². The van der Waals surface area contributed by atoms with Gasteiger partial charge in [-0.2, -0.15) is 0 Å². The molecule has 0 amide bonds. The first-order valence-electron chi connectivity index (χ1n) is 17.8. The summed E-state index contributed by atoms with van der Waals surface area (Å²) in [6.45, 7) is 8.57. The molecule has 1 unspecified atom stereocenters. The maximum Gasteiger partial charge on any atom is 0.405 e. The second kappa shape index (κ2) is 31.1. The quantitative estimate of drug-likeness (QED) is 0.0626. The van der Waals surface area contributed by atoms with E-state index in [0.717, 1.165) is 38.5 Å². The van der Waals surface area contributed by atoms with Gasteiger partial charge in [0.1, 0.15) is 0 Å². The molecule has 0 heterocycles. The summed E-state index contributed by atoms with van der Waals surface area (Å²) in [5.74, 6) is 0. The molecule has 1 N–H and O–H groups in total. The first kappa shape index (κ1) is 39.1. The highest BCUT2D eigenvalue weighted by Crippen LogP contribution is 2.47. The molecular formula is C34H72NO3P. The summed E-state index contributed by atoms with van der Waals surface area (Å²) < 4.78 is 20.6. The molecular weight excluding hydrogens is 501 g/mol. The SMILES string of the molecule is CCCCCCCCCCCCCN(CCCCCCCCCCCCC)P(=O)(O)OCCCCCCCC. The molecule has 0 bridgehead atoms. The molecule has 0 aromatic carbocycles. The topological polar surface area (TPSA) is 49.8 Å². The van der Waals surface area contributed by atoms with E-state index in [1.807, 2.05) is 0 Å². The van der Waals surface area contributed by atoms with Gasteiger partial charge in [-0.1, -0.05) is 181 Å². The van der Waals surface area contributed by atoms with E-state index in [1.165, 1.54) is 141 Å². The van der Waals surface area contributed by atoms with Crippen molar-refractivity contribution in [3.8, 4) is 0 Å². The maximum atomic E-state index is 13.1. The van der Waals surface area contributed by atoms with Gasteiger partial charge in [-0.05, 0) is 19.3 Å². The average molecular weight is 574 g/mol. The van der Waals surface area contributed by atoms with Crippen LogP contribution in [0, 0.1) is 0 Å². The number of unbranched alkanes of at least 4 members (excludes halogenated alkanes) is 25. The predicted octanol–water partition coefficient (Wildman–Crippen LogP) is 12.4. The molecule has 236 valence electrons. The molecule has 4 nitrogen and oxygen atoms in total. The van der Waals surface area contributed by atoms with Gasteiger partial charge in [-0.15, -0.1) is 0 Å². The number of hydrogen-bond acceptors (Lipinski definition) is 2. The summed E-state index contributed by atoms with van der Waals surface area (Å²) in [6, 6.07) is 0. The highest BCUT2D eigenvalue weighted by molar-refractivity contribution is 7.50. The van der Waals surface area contributed by atoms with Crippen molar-refractivity contribution < 1.29 is 14.0 Å². The van der Waals surface area contributed by atoms with E-state index in [1.54, 1.807) is 4.67 Å². The zero-order valence-electron chi connectivity index (χ0n) is 27.1. The summed E-state index contributed by atoms with van der Waals surface area (Å²) >= 11 is 0. The van der Waals surface area contributed by atoms with E-state index in [4.69, 9.17) is 4.52 Å². The lowest BCUT2D eigenvalue weighted by molar-refractivity contribution is 0.194. The van der Waals surface area contributed by atoms with E-state index >= 15 is 0 Å². The molecule has 0 aliphatic heterocycles. The molecule has 1 atom stereocenters. The summed E-state index contributed by atoms with van der Waals surface area (Å²) in [7, 11) is -3.69. The van der Waals surface area contributed by atoms with Crippen LogP contribution in [0.4, 0.5) is 0 Å². The Hall–Kier alpha value is 0.110. The average Bonchev–Trinajstić information content (AvgIpc) is 2.92. The molecule has 0 aliphatic carbocycles. The van der Waals surface area contributed by atoms with Crippen LogP contribution < -0.4 is 0 Å². The van der Waals surface area contributed by atoms with E-state index in [9.17, 15) is 9.46 Å². The zero-order chi connectivity index (χ0) is 28.7. The summed E-state index contributed by atoms with van der Waals surface area (Å²) in [4.78, 5) is 10.8. The Morgan fingerprint density at radius 3 is 1.00 bits per heavy atom. The van der Waals surface area contributed by atoms with E-state index in [0.29, 0.717) is 19.7 Å². The summed E-state index contributed by atoms with van der Waals surface area (Å²) in [5.41, 5.74) is 0. The fourth-order valence-corrected chi connectivity index (χ4v) is 6.75. The minimum atomic E-state index is -3.69. The summed E-state index contributed by atoms with van der Waals surface area (Å²) in [5, 5.41) is 0. The van der Waals surface area contributed by atoms with Crippen LogP contribution in [0.3, 0.4) is 0 Å². The Bertz CT molecular complexity index is 491. The third-order valence-electron chi connectivity index (χ3n) is 8.15. The fraction of sp³-hybridized carbons (Fsp3) is 1.00. The Morgan fingerprint density at radius 2 is 0.692 bits per heavy atom. The van der Waals surface area contributed by atoms with Gasteiger partial charge >= 0.3 is 7.75 Å². The maximum absolute atomic E-state index is 13.1. The second-order valence-electron chi connectivity index (χ2n) is 12.1. The Kier molecular flexibility index (Phi) is 31.1. The minimum absolute atomic E-state index is 0.410. The van der Waals surface area contributed by atoms with Crippen LogP contribution in [-0.2, 0) is 9.09 Å². The lowest BCUT2D eigenvalue weighted by atomic mass is 10.1. The second-order valence-corrected chi connectivity index (χ2v) is 13.9. The highest BCUT2D eigenvalue weighted by Gasteiger charge is 2.28. The van der Waals surface area contributed by atoms with Crippen molar-refractivity contribution >= 4 is 7.75 Å². The molecule has 0 spiro atoms. The largest absolute Gasteiger partial charge is 0.405 e. The van der Waals surface area contributed by atoms with Gasteiger partial charge in [0.05, 0.1) is 6.61 Å². The Labute approximate surface area is 246 Å². The molecule has 0 radical (unpaired) electrons. The van der Waals surface area contributed by atoms with Crippen molar-refractivity contribution in [1.82, 2.24) is 4.67 Å². The minimum Gasteiger partial charge on any atom is -0.312 e. The van der Waals surface area contributed by atoms with Crippen LogP contribution in [0.1, 0.15) is 201 Å². The van der Waals surface area contributed by atoms with Gasteiger partial charge in [0.2, 0.25) is 0 Å². The van der Waals surface area contributed by atoms with Gasteiger partial charge in [0.25, 0.3) is 0 Å². The third kappa shape index (κ3) is 28.0. The van der Waals surface area contributed by atoms with Crippen molar-refractivity contribution in [3.63, 3.8) is 0 Å². The molecule has 39 heavy (non-hydrogen) atoms. The van der Waals surface area contributed by atoms with Crippen LogP contribution >= 0.6 is 7.75 Å². The number of nitrogens with zero attached hydrogens (tertiary/aromatic N) is 1. The fourth-order valence-electron chi connectivity index (χ4n) is 5.43. The number of hydrogen-bond donors (Lipinski definition) is 1. The summed E-state index contributed by atoms with van der Waals surface area (Å²) in [6.07, 6.45) is 35.6. The first-order chi connectivity index (χ1) is 19.1. The zero-order valence-corrected chi connectivity index (χ0v) is 28.0. The van der Waals surface area contributed by atoms with Crippen LogP contribution in [0.15, 0.2) is 0 Å². The monoisotopic (exact) mass is 574 g/mol. The van der Waals surface area contributed by atoms with Gasteiger partial charge in [0.15, 0.2) is 0 Å². The first-order valence-corrected chi connectivity index (χ1v) is 19.3. The molecule has 0 aromatic rings. The normalized spacial score (nSPS) is 13.4. The standard InChI is InChI=1S/C34H72NO3P/c1-4-7-10-13-16-18-20-22-24-26-29-32-35(39(36,37)38-34-31-28-15-12-9-6-3)33-30-27-25-23-21-19-17-14-11-8-5-2/h4-34H2,1-3H3,(H,36,37). The van der Waals surface area contributed by atoms with E-state index in [2.05, 4.69) is 20.8 Å². The molecule has 5 heteroatoms. The van der Waals surface area contributed by atoms with Crippen molar-refractivity contribution in [1.29, 1.82) is 0 Å². The van der Waals surface area contributed by atoms with E-state index < -0.39 is 7.75 Å². The van der Waals surface area contributed by atoms with Crippen molar-refractivity contribution in [2.45, 2.75) is 201 Å². The highest BCUT2D eigenvalue weighted by atomic mass is 31.2. The van der Waals surface area contributed by atoms with Gasteiger partial charge < -0.3 is 4.89 Å². The molecule has 0 fully saturated rings.